The Balaban J connectivity index is 0.00000220. The van der Waals surface area contributed by atoms with Crippen molar-refractivity contribution < 1.29 is 9.53 Å². The summed E-state index contributed by atoms with van der Waals surface area (Å²) in [5.74, 6) is 0.170. The molecule has 1 heterocycles. The number of benzene rings is 1. The first-order chi connectivity index (χ1) is 9.52. The summed E-state index contributed by atoms with van der Waals surface area (Å²) in [4.78, 5) is 15.1. The van der Waals surface area contributed by atoms with E-state index in [9.17, 15) is 4.79 Å². The van der Waals surface area contributed by atoms with Crippen LogP contribution in [0.5, 0.6) is 0 Å². The number of likely N-dealkylation sites (tertiary alicyclic amines) is 1. The first kappa shape index (κ1) is 18.0. The minimum absolute atomic E-state index is 0. The van der Waals surface area contributed by atoms with Gasteiger partial charge in [-0.1, -0.05) is 37.3 Å². The van der Waals surface area contributed by atoms with Crippen LogP contribution in [0.4, 0.5) is 0 Å². The molecule has 0 saturated carbocycles. The lowest BCUT2D eigenvalue weighted by Crippen LogP contribution is -2.56. The van der Waals surface area contributed by atoms with Crippen LogP contribution in [0.1, 0.15) is 32.8 Å². The summed E-state index contributed by atoms with van der Waals surface area (Å²) >= 11 is 0. The summed E-state index contributed by atoms with van der Waals surface area (Å²) in [7, 11) is 2.13. The van der Waals surface area contributed by atoms with Crippen molar-refractivity contribution in [1.29, 1.82) is 0 Å². The van der Waals surface area contributed by atoms with Gasteiger partial charge in [0, 0.05) is 12.6 Å². The van der Waals surface area contributed by atoms with Crippen molar-refractivity contribution in [3.63, 3.8) is 0 Å². The van der Waals surface area contributed by atoms with Crippen LogP contribution in [-0.2, 0) is 14.9 Å². The van der Waals surface area contributed by atoms with Gasteiger partial charge in [-0.25, -0.2) is 0 Å². The van der Waals surface area contributed by atoms with E-state index in [1.807, 2.05) is 25.1 Å². The van der Waals surface area contributed by atoms with Crippen molar-refractivity contribution in [3.05, 3.63) is 35.9 Å². The van der Waals surface area contributed by atoms with Gasteiger partial charge in [-0.05, 0) is 38.8 Å². The Morgan fingerprint density at radius 2 is 1.95 bits per heavy atom. The zero-order valence-electron chi connectivity index (χ0n) is 13.3. The van der Waals surface area contributed by atoms with Gasteiger partial charge in [0.15, 0.2) is 0 Å². The molecule has 3 atom stereocenters. The van der Waals surface area contributed by atoms with Crippen molar-refractivity contribution in [2.45, 2.75) is 38.6 Å². The average molecular weight is 312 g/mol. The minimum atomic E-state index is -0.511. The molecule has 0 bridgehead atoms. The predicted molar refractivity (Wildman–Crippen MR) is 87.9 cm³/mol. The predicted octanol–water partition coefficient (Wildman–Crippen LogP) is 3.27. The number of piperidine rings is 1. The van der Waals surface area contributed by atoms with E-state index in [1.165, 1.54) is 0 Å². The molecule has 118 valence electrons. The van der Waals surface area contributed by atoms with Crippen molar-refractivity contribution in [2.75, 3.05) is 20.2 Å². The van der Waals surface area contributed by atoms with Gasteiger partial charge in [-0.15, -0.1) is 12.4 Å². The molecule has 4 heteroatoms. The molecule has 0 aromatic heterocycles. The molecule has 1 aliphatic rings. The molecule has 3 nitrogen and oxygen atoms in total. The Morgan fingerprint density at radius 1 is 1.33 bits per heavy atom. The first-order valence-corrected chi connectivity index (χ1v) is 7.45. The summed E-state index contributed by atoms with van der Waals surface area (Å²) in [6.45, 7) is 7.56. The fourth-order valence-electron chi connectivity index (χ4n) is 3.39. The van der Waals surface area contributed by atoms with Crippen LogP contribution in [0.25, 0.3) is 0 Å². The van der Waals surface area contributed by atoms with Gasteiger partial charge in [0.25, 0.3) is 0 Å². The number of halogens is 1. The first-order valence-electron chi connectivity index (χ1n) is 7.45. The number of ether oxygens (including phenoxy) is 1. The SMILES string of the molecule is CCOC(=O)C1(c2ccccc2)CC(C)N(C)CC1C.Cl. The minimum Gasteiger partial charge on any atom is -0.465 e. The van der Waals surface area contributed by atoms with Gasteiger partial charge in [0.05, 0.1) is 12.0 Å². The standard InChI is InChI=1S/C17H25NO2.ClH/c1-5-20-16(19)17(15-9-7-6-8-10-15)11-14(3)18(4)12-13(17)2;/h6-10,13-14H,5,11-12H2,1-4H3;1H. The third-order valence-corrected chi connectivity index (χ3v) is 4.70. The van der Waals surface area contributed by atoms with Crippen LogP contribution >= 0.6 is 12.4 Å². The highest BCUT2D eigenvalue weighted by atomic mass is 35.5. The zero-order chi connectivity index (χ0) is 14.8. The third-order valence-electron chi connectivity index (χ3n) is 4.70. The molecule has 1 aliphatic heterocycles. The molecule has 0 amide bonds. The molecule has 2 rings (SSSR count). The highest BCUT2D eigenvalue weighted by Gasteiger charge is 2.50. The molecular weight excluding hydrogens is 286 g/mol. The maximum atomic E-state index is 12.7. The molecule has 21 heavy (non-hydrogen) atoms. The van der Waals surface area contributed by atoms with Crippen LogP contribution in [0.2, 0.25) is 0 Å². The van der Waals surface area contributed by atoms with E-state index >= 15 is 0 Å². The topological polar surface area (TPSA) is 29.5 Å². The lowest BCUT2D eigenvalue weighted by atomic mass is 9.64. The highest BCUT2D eigenvalue weighted by Crippen LogP contribution is 2.42. The summed E-state index contributed by atoms with van der Waals surface area (Å²) in [6, 6.07) is 10.5. The van der Waals surface area contributed by atoms with Crippen LogP contribution < -0.4 is 0 Å². The maximum absolute atomic E-state index is 12.7. The van der Waals surface area contributed by atoms with Gasteiger partial charge in [-0.2, -0.15) is 0 Å². The van der Waals surface area contributed by atoms with Crippen molar-refractivity contribution in [3.8, 4) is 0 Å². The van der Waals surface area contributed by atoms with Gasteiger partial charge in [0.2, 0.25) is 0 Å². The van der Waals surface area contributed by atoms with Gasteiger partial charge in [0.1, 0.15) is 0 Å². The van der Waals surface area contributed by atoms with E-state index in [0.29, 0.717) is 12.6 Å². The Morgan fingerprint density at radius 3 is 2.52 bits per heavy atom. The van der Waals surface area contributed by atoms with E-state index in [0.717, 1.165) is 18.5 Å². The Labute approximate surface area is 134 Å². The number of rotatable bonds is 3. The summed E-state index contributed by atoms with van der Waals surface area (Å²) in [6.07, 6.45) is 0.813. The normalized spacial score (nSPS) is 29.5. The lowest BCUT2D eigenvalue weighted by Gasteiger charge is -2.47. The number of hydrogen-bond donors (Lipinski definition) is 0. The Bertz CT molecular complexity index is 465. The third kappa shape index (κ3) is 3.24. The van der Waals surface area contributed by atoms with Crippen molar-refractivity contribution in [1.82, 2.24) is 4.90 Å². The maximum Gasteiger partial charge on any atom is 0.316 e. The van der Waals surface area contributed by atoms with E-state index in [2.05, 4.69) is 37.9 Å². The largest absolute Gasteiger partial charge is 0.465 e. The number of hydrogen-bond acceptors (Lipinski definition) is 3. The van der Waals surface area contributed by atoms with Gasteiger partial charge in [-0.3, -0.25) is 4.79 Å². The van der Waals surface area contributed by atoms with E-state index in [1.54, 1.807) is 0 Å². The molecule has 1 fully saturated rings. The van der Waals surface area contributed by atoms with Crippen molar-refractivity contribution >= 4 is 18.4 Å². The number of carbonyl (C=O) groups excluding carboxylic acids is 1. The molecule has 0 spiro atoms. The molecule has 0 radical (unpaired) electrons. The highest BCUT2D eigenvalue weighted by molar-refractivity contribution is 5.85. The Hall–Kier alpha value is -1.06. The summed E-state index contributed by atoms with van der Waals surface area (Å²) in [5.41, 5.74) is 0.578. The summed E-state index contributed by atoms with van der Waals surface area (Å²) < 4.78 is 5.44. The Kier molecular flexibility index (Phi) is 6.24. The molecule has 1 aromatic rings. The number of esters is 1. The second-order valence-electron chi connectivity index (χ2n) is 5.95. The van der Waals surface area contributed by atoms with Crippen LogP contribution in [0.3, 0.4) is 0 Å². The van der Waals surface area contributed by atoms with E-state index < -0.39 is 5.41 Å². The molecule has 1 saturated heterocycles. The van der Waals surface area contributed by atoms with E-state index in [-0.39, 0.29) is 24.3 Å². The number of nitrogens with zero attached hydrogens (tertiary/aromatic N) is 1. The number of carbonyl (C=O) groups is 1. The smallest absolute Gasteiger partial charge is 0.316 e. The van der Waals surface area contributed by atoms with E-state index in [4.69, 9.17) is 4.74 Å². The monoisotopic (exact) mass is 311 g/mol. The van der Waals surface area contributed by atoms with Gasteiger partial charge >= 0.3 is 5.97 Å². The fourth-order valence-corrected chi connectivity index (χ4v) is 3.39. The average Bonchev–Trinajstić information content (AvgIpc) is 2.44. The molecular formula is C17H26ClNO2. The fraction of sp³-hybridized carbons (Fsp3) is 0.588. The van der Waals surface area contributed by atoms with Crippen LogP contribution in [0.15, 0.2) is 30.3 Å². The van der Waals surface area contributed by atoms with Gasteiger partial charge < -0.3 is 9.64 Å². The summed E-state index contributed by atoms with van der Waals surface area (Å²) in [5, 5.41) is 0. The lowest BCUT2D eigenvalue weighted by molar-refractivity contribution is -0.156. The van der Waals surface area contributed by atoms with Crippen LogP contribution in [0, 0.1) is 5.92 Å². The van der Waals surface area contributed by atoms with Crippen molar-refractivity contribution in [2.24, 2.45) is 5.92 Å². The second kappa shape index (κ2) is 7.28. The molecule has 0 aliphatic carbocycles. The molecule has 1 aromatic carbocycles. The quantitative estimate of drug-likeness (QED) is 0.802. The zero-order valence-corrected chi connectivity index (χ0v) is 14.2. The molecule has 3 unspecified atom stereocenters. The van der Waals surface area contributed by atoms with Crippen LogP contribution in [-0.4, -0.2) is 37.1 Å². The molecule has 0 N–H and O–H groups in total. The second-order valence-corrected chi connectivity index (χ2v) is 5.95.